The predicted molar refractivity (Wildman–Crippen MR) is 108 cm³/mol. The summed E-state index contributed by atoms with van der Waals surface area (Å²) in [5.41, 5.74) is 1.94. The van der Waals surface area contributed by atoms with Crippen LogP contribution in [0.5, 0.6) is 17.2 Å². The monoisotopic (exact) mass is 395 g/mol. The van der Waals surface area contributed by atoms with E-state index in [-0.39, 0.29) is 6.04 Å². The van der Waals surface area contributed by atoms with Gasteiger partial charge >= 0.3 is 0 Å². The molecule has 3 aromatic rings. The summed E-state index contributed by atoms with van der Waals surface area (Å²) in [6.45, 7) is 1.53. The quantitative estimate of drug-likeness (QED) is 0.596. The van der Waals surface area contributed by atoms with Crippen LogP contribution >= 0.6 is 0 Å². The highest BCUT2D eigenvalue weighted by molar-refractivity contribution is 5.63. The minimum atomic E-state index is 0.210. The molecule has 0 amide bonds. The van der Waals surface area contributed by atoms with Gasteiger partial charge in [0, 0.05) is 11.6 Å². The van der Waals surface area contributed by atoms with Gasteiger partial charge in [-0.05, 0) is 49.7 Å². The second kappa shape index (κ2) is 8.53. The fraction of sp³-hybridized carbons (Fsp3) is 0.364. The van der Waals surface area contributed by atoms with Crippen LogP contribution in [0.2, 0.25) is 0 Å². The third-order valence-electron chi connectivity index (χ3n) is 5.31. The third kappa shape index (κ3) is 3.91. The lowest BCUT2D eigenvalue weighted by molar-refractivity contribution is 0.209. The van der Waals surface area contributed by atoms with Gasteiger partial charge in [0.05, 0.1) is 33.4 Å². The lowest BCUT2D eigenvalue weighted by Gasteiger charge is -2.25. The van der Waals surface area contributed by atoms with E-state index in [1.165, 1.54) is 0 Å². The van der Waals surface area contributed by atoms with Crippen molar-refractivity contribution in [1.29, 1.82) is 0 Å². The Balaban J connectivity index is 1.57. The molecule has 4 rings (SSSR count). The van der Waals surface area contributed by atoms with Gasteiger partial charge in [0.1, 0.15) is 17.2 Å². The van der Waals surface area contributed by atoms with Crippen molar-refractivity contribution in [2.24, 2.45) is 0 Å². The molecule has 1 aliphatic rings. The average Bonchev–Trinajstić information content (AvgIpc) is 3.43. The largest absolute Gasteiger partial charge is 0.497 e. The van der Waals surface area contributed by atoms with Crippen molar-refractivity contribution < 1.29 is 18.7 Å². The lowest BCUT2D eigenvalue weighted by atomic mass is 10.0. The molecule has 2 heterocycles. The van der Waals surface area contributed by atoms with Crippen molar-refractivity contribution in [2.45, 2.75) is 25.4 Å². The maximum absolute atomic E-state index is 5.60. The Morgan fingerprint density at radius 1 is 1.03 bits per heavy atom. The van der Waals surface area contributed by atoms with Crippen molar-refractivity contribution in [1.82, 2.24) is 15.0 Å². The summed E-state index contributed by atoms with van der Waals surface area (Å²) in [6, 6.07) is 13.8. The minimum absolute atomic E-state index is 0.210. The Kier molecular flexibility index (Phi) is 5.67. The number of rotatable bonds is 7. The van der Waals surface area contributed by atoms with E-state index in [1.54, 1.807) is 21.3 Å². The van der Waals surface area contributed by atoms with Gasteiger partial charge in [0.15, 0.2) is 0 Å². The maximum Gasteiger partial charge on any atom is 0.241 e. The molecule has 0 saturated carbocycles. The Morgan fingerprint density at radius 3 is 2.66 bits per heavy atom. The van der Waals surface area contributed by atoms with Crippen molar-refractivity contribution >= 4 is 0 Å². The summed E-state index contributed by atoms with van der Waals surface area (Å²) in [5, 5.41) is 4.16. The van der Waals surface area contributed by atoms with Crippen LogP contribution in [0.1, 0.15) is 30.3 Å². The number of nitrogens with zero attached hydrogens (tertiary/aromatic N) is 3. The summed E-state index contributed by atoms with van der Waals surface area (Å²) in [7, 11) is 5.01. The van der Waals surface area contributed by atoms with Crippen LogP contribution in [0, 0.1) is 0 Å². The fourth-order valence-electron chi connectivity index (χ4n) is 3.90. The van der Waals surface area contributed by atoms with Gasteiger partial charge in [0.2, 0.25) is 11.7 Å². The molecule has 1 aromatic heterocycles. The molecule has 0 aliphatic carbocycles. The number of likely N-dealkylation sites (tertiary alicyclic amines) is 1. The summed E-state index contributed by atoms with van der Waals surface area (Å²) in [6.07, 6.45) is 2.13. The molecule has 1 atom stereocenters. The molecule has 0 radical (unpaired) electrons. The number of hydrogen-bond acceptors (Lipinski definition) is 7. The standard InChI is InChI=1S/C22H25N3O4/c1-26-15-10-11-20(28-3)17(13-15)18-8-6-12-25(18)14-21-23-22(24-29-21)16-7-4-5-9-19(16)27-2/h4-5,7,9-11,13,18H,6,8,12,14H2,1-3H3/t18-/m0/s1. The zero-order valence-corrected chi connectivity index (χ0v) is 16.9. The molecule has 1 saturated heterocycles. The summed E-state index contributed by atoms with van der Waals surface area (Å²) >= 11 is 0. The Hall–Kier alpha value is -3.06. The maximum atomic E-state index is 5.60. The number of benzene rings is 2. The first-order chi connectivity index (χ1) is 14.2. The number of aromatic nitrogens is 2. The second-order valence-corrected chi connectivity index (χ2v) is 6.95. The highest BCUT2D eigenvalue weighted by Crippen LogP contribution is 2.39. The number of ether oxygens (including phenoxy) is 3. The van der Waals surface area contributed by atoms with E-state index in [9.17, 15) is 0 Å². The molecule has 1 aliphatic heterocycles. The minimum Gasteiger partial charge on any atom is -0.497 e. The number of hydrogen-bond donors (Lipinski definition) is 0. The van der Waals surface area contributed by atoms with Crippen LogP contribution in [0.3, 0.4) is 0 Å². The van der Waals surface area contributed by atoms with Gasteiger partial charge in [-0.25, -0.2) is 0 Å². The second-order valence-electron chi connectivity index (χ2n) is 6.95. The fourth-order valence-corrected chi connectivity index (χ4v) is 3.90. The molecule has 0 bridgehead atoms. The van der Waals surface area contributed by atoms with Crippen LogP contribution in [0.15, 0.2) is 47.0 Å². The van der Waals surface area contributed by atoms with Gasteiger partial charge in [-0.1, -0.05) is 17.3 Å². The van der Waals surface area contributed by atoms with Crippen molar-refractivity contribution in [3.8, 4) is 28.6 Å². The first-order valence-corrected chi connectivity index (χ1v) is 9.65. The normalized spacial score (nSPS) is 16.7. The molecular formula is C22H25N3O4. The number of para-hydroxylation sites is 1. The first-order valence-electron chi connectivity index (χ1n) is 9.65. The summed E-state index contributed by atoms with van der Waals surface area (Å²) < 4.78 is 22.0. The molecule has 152 valence electrons. The highest BCUT2D eigenvalue weighted by Gasteiger charge is 2.30. The van der Waals surface area contributed by atoms with Crippen molar-refractivity contribution in [3.63, 3.8) is 0 Å². The van der Waals surface area contributed by atoms with E-state index in [0.29, 0.717) is 18.3 Å². The molecule has 29 heavy (non-hydrogen) atoms. The lowest BCUT2D eigenvalue weighted by Crippen LogP contribution is -2.23. The van der Waals surface area contributed by atoms with E-state index < -0.39 is 0 Å². The van der Waals surface area contributed by atoms with Crippen LogP contribution in [0.4, 0.5) is 0 Å². The zero-order chi connectivity index (χ0) is 20.2. The van der Waals surface area contributed by atoms with E-state index in [2.05, 4.69) is 21.1 Å². The predicted octanol–water partition coefficient (Wildman–Crippen LogP) is 4.10. The molecule has 0 N–H and O–H groups in total. The third-order valence-corrected chi connectivity index (χ3v) is 5.31. The zero-order valence-electron chi connectivity index (χ0n) is 16.9. The van der Waals surface area contributed by atoms with Gasteiger partial charge in [-0.15, -0.1) is 0 Å². The van der Waals surface area contributed by atoms with Gasteiger partial charge in [0.25, 0.3) is 0 Å². The van der Waals surface area contributed by atoms with Crippen molar-refractivity contribution in [2.75, 3.05) is 27.9 Å². The first kappa shape index (κ1) is 19.3. The van der Waals surface area contributed by atoms with Crippen LogP contribution in [0.25, 0.3) is 11.4 Å². The SMILES string of the molecule is COc1ccc(OC)c([C@@H]2CCCN2Cc2nc(-c3ccccc3OC)no2)c1. The Bertz CT molecular complexity index is 972. The van der Waals surface area contributed by atoms with E-state index in [4.69, 9.17) is 18.7 Å². The highest BCUT2D eigenvalue weighted by atomic mass is 16.5. The number of methoxy groups -OCH3 is 3. The average molecular weight is 395 g/mol. The molecule has 7 heteroatoms. The van der Waals surface area contributed by atoms with Gasteiger partial charge < -0.3 is 18.7 Å². The van der Waals surface area contributed by atoms with E-state index in [1.807, 2.05) is 36.4 Å². The van der Waals surface area contributed by atoms with E-state index >= 15 is 0 Å². The molecule has 1 fully saturated rings. The van der Waals surface area contributed by atoms with Gasteiger partial charge in [-0.2, -0.15) is 4.98 Å². The topological polar surface area (TPSA) is 69.9 Å². The van der Waals surface area contributed by atoms with Crippen LogP contribution < -0.4 is 14.2 Å². The Labute approximate surface area is 170 Å². The molecule has 0 unspecified atom stereocenters. The molecule has 2 aromatic carbocycles. The van der Waals surface area contributed by atoms with Crippen LogP contribution in [-0.2, 0) is 6.54 Å². The van der Waals surface area contributed by atoms with Crippen molar-refractivity contribution in [3.05, 3.63) is 53.9 Å². The smallest absolute Gasteiger partial charge is 0.241 e. The van der Waals surface area contributed by atoms with E-state index in [0.717, 1.165) is 47.8 Å². The van der Waals surface area contributed by atoms with Crippen LogP contribution in [-0.4, -0.2) is 42.9 Å². The Morgan fingerprint density at radius 2 is 1.86 bits per heavy atom. The van der Waals surface area contributed by atoms with Gasteiger partial charge in [-0.3, -0.25) is 4.90 Å². The summed E-state index contributed by atoms with van der Waals surface area (Å²) in [4.78, 5) is 6.95. The molecular weight excluding hydrogens is 370 g/mol. The molecule has 7 nitrogen and oxygen atoms in total. The molecule has 0 spiro atoms. The summed E-state index contributed by atoms with van der Waals surface area (Å²) in [5.74, 6) is 3.53.